The van der Waals surface area contributed by atoms with Gasteiger partial charge in [-0.15, -0.1) is 0 Å². The zero-order valence-electron chi connectivity index (χ0n) is 23.4. The summed E-state index contributed by atoms with van der Waals surface area (Å²) in [6.07, 6.45) is 8.41. The lowest BCUT2D eigenvalue weighted by atomic mass is 9.90. The maximum Gasteiger partial charge on any atom is 0.394 e. The Morgan fingerprint density at radius 2 is 2.00 bits per heavy atom. The number of carbonyl (C=O) groups is 3. The number of carbonyl (C=O) groups excluding carboxylic acids is 2. The minimum Gasteiger partial charge on any atom is -0.481 e. The van der Waals surface area contributed by atoms with Gasteiger partial charge in [-0.3, -0.25) is 14.4 Å². The summed E-state index contributed by atoms with van der Waals surface area (Å²) < 4.78 is 25.8. The summed E-state index contributed by atoms with van der Waals surface area (Å²) in [4.78, 5) is 46.4. The van der Waals surface area contributed by atoms with E-state index >= 15 is 0 Å². The number of hydrogen-bond donors (Lipinski definition) is 1. The molecule has 2 fully saturated rings. The number of allylic oxidation sites excluding steroid dienone is 2. The van der Waals surface area contributed by atoms with Crippen molar-refractivity contribution >= 4 is 28.8 Å². The summed E-state index contributed by atoms with van der Waals surface area (Å²) in [6.45, 7) is 0.150. The average molecular weight is 575 g/mol. The van der Waals surface area contributed by atoms with Crippen LogP contribution in [0.3, 0.4) is 0 Å². The van der Waals surface area contributed by atoms with Crippen LogP contribution in [0, 0.1) is 23.1 Å². The molecular weight excluding hydrogens is 539 g/mol. The number of halogens is 1. The first-order valence-electron chi connectivity index (χ1n) is 14.8. The number of ether oxygens (including phenoxy) is 1. The molecule has 220 valence electrons. The summed E-state index contributed by atoms with van der Waals surface area (Å²) in [5.41, 5.74) is 0.793. The number of carboxylic acids is 1. The quantitative estimate of drug-likeness (QED) is 0.387. The van der Waals surface area contributed by atoms with Crippen LogP contribution in [0.5, 0.6) is 6.08 Å². The van der Waals surface area contributed by atoms with E-state index in [0.717, 1.165) is 31.2 Å². The zero-order valence-corrected chi connectivity index (χ0v) is 23.4. The lowest BCUT2D eigenvalue weighted by molar-refractivity contribution is -0.147. The van der Waals surface area contributed by atoms with Crippen LogP contribution in [0.4, 0.5) is 4.39 Å². The van der Waals surface area contributed by atoms with E-state index in [1.165, 1.54) is 12.1 Å². The van der Waals surface area contributed by atoms with Crippen LogP contribution >= 0.6 is 0 Å². The van der Waals surface area contributed by atoms with Crippen molar-refractivity contribution < 1.29 is 33.0 Å². The Morgan fingerprint density at radius 3 is 2.81 bits per heavy atom. The number of benzene rings is 2. The molecule has 0 bridgehead atoms. The number of ketones is 1. The van der Waals surface area contributed by atoms with E-state index in [-0.39, 0.29) is 48.9 Å². The first-order valence-corrected chi connectivity index (χ1v) is 14.8. The van der Waals surface area contributed by atoms with Gasteiger partial charge in [0, 0.05) is 18.8 Å². The van der Waals surface area contributed by atoms with Crippen molar-refractivity contribution in [3.63, 3.8) is 0 Å². The van der Waals surface area contributed by atoms with Crippen LogP contribution in [-0.4, -0.2) is 51.3 Å². The Hall–Kier alpha value is -4.01. The summed E-state index contributed by atoms with van der Waals surface area (Å²) in [5, 5.41) is 10.1. The van der Waals surface area contributed by atoms with E-state index in [1.54, 1.807) is 23.1 Å². The van der Waals surface area contributed by atoms with Crippen molar-refractivity contribution in [2.45, 2.75) is 69.9 Å². The number of aliphatic carboxylic acids is 1. The van der Waals surface area contributed by atoms with Gasteiger partial charge in [-0.05, 0) is 67.9 Å². The van der Waals surface area contributed by atoms with Crippen molar-refractivity contribution in [1.29, 1.82) is 0 Å². The highest BCUT2D eigenvalue weighted by Gasteiger charge is 2.61. The molecule has 5 atom stereocenters. The van der Waals surface area contributed by atoms with Crippen molar-refractivity contribution in [3.8, 4) is 6.08 Å². The molecule has 0 radical (unpaired) electrons. The Labute approximate surface area is 243 Å². The SMILES string of the molecule is O=C1C[C@]2(C(=O)O)C[C@@H]2/C=C\CCCCC[C@H](Cc2cccc(F)c2)C(=O)N2C[C@H](Oc3nc4ccccc4o3)C[C@@H]12. The van der Waals surface area contributed by atoms with Gasteiger partial charge in [0.2, 0.25) is 5.91 Å². The number of hydrogen-bond acceptors (Lipinski definition) is 6. The van der Waals surface area contributed by atoms with Gasteiger partial charge in [-0.2, -0.15) is 4.98 Å². The molecule has 2 aliphatic heterocycles. The molecular formula is C33H35FN2O6. The van der Waals surface area contributed by atoms with Crippen molar-refractivity contribution in [1.82, 2.24) is 9.88 Å². The second-order valence-corrected chi connectivity index (χ2v) is 11.9. The number of Topliss-reactive ketones (excluding diaryl/α,β-unsaturated/α-hetero) is 1. The number of aromatic nitrogens is 1. The number of oxazole rings is 1. The molecule has 1 N–H and O–H groups in total. The molecule has 8 nitrogen and oxygen atoms in total. The van der Waals surface area contributed by atoms with E-state index in [9.17, 15) is 23.9 Å². The molecule has 6 rings (SSSR count). The van der Waals surface area contributed by atoms with E-state index < -0.39 is 29.4 Å². The lowest BCUT2D eigenvalue weighted by Gasteiger charge is -2.29. The van der Waals surface area contributed by atoms with Crippen LogP contribution in [0.15, 0.2) is 65.1 Å². The third-order valence-electron chi connectivity index (χ3n) is 9.02. The van der Waals surface area contributed by atoms with Gasteiger partial charge in [0.15, 0.2) is 11.4 Å². The highest BCUT2D eigenvalue weighted by Crippen LogP contribution is 2.57. The van der Waals surface area contributed by atoms with Crippen LogP contribution in [0.2, 0.25) is 0 Å². The molecule has 1 saturated carbocycles. The molecule has 1 aliphatic carbocycles. The van der Waals surface area contributed by atoms with E-state index in [2.05, 4.69) is 4.98 Å². The summed E-state index contributed by atoms with van der Waals surface area (Å²) in [7, 11) is 0. The number of carboxylic acid groups (broad SMARTS) is 1. The molecule has 3 aromatic rings. The number of rotatable bonds is 5. The normalized spacial score (nSPS) is 29.3. The maximum atomic E-state index is 14.2. The fraction of sp³-hybridized carbons (Fsp3) is 0.455. The second-order valence-electron chi connectivity index (χ2n) is 11.9. The van der Waals surface area contributed by atoms with E-state index in [4.69, 9.17) is 9.15 Å². The molecule has 42 heavy (non-hydrogen) atoms. The van der Waals surface area contributed by atoms with Crippen LogP contribution < -0.4 is 4.74 Å². The summed E-state index contributed by atoms with van der Waals surface area (Å²) >= 11 is 0. The van der Waals surface area contributed by atoms with E-state index in [0.29, 0.717) is 30.4 Å². The van der Waals surface area contributed by atoms with Gasteiger partial charge in [0.05, 0.1) is 18.0 Å². The smallest absolute Gasteiger partial charge is 0.394 e. The van der Waals surface area contributed by atoms with Crippen molar-refractivity contribution in [2.24, 2.45) is 17.3 Å². The Balaban J connectivity index is 1.29. The molecule has 3 aliphatic rings. The van der Waals surface area contributed by atoms with Gasteiger partial charge in [0.1, 0.15) is 17.4 Å². The maximum absolute atomic E-state index is 14.2. The number of amides is 1. The predicted octanol–water partition coefficient (Wildman–Crippen LogP) is 5.74. The number of nitrogens with zero attached hydrogens (tertiary/aromatic N) is 2. The van der Waals surface area contributed by atoms with Crippen LogP contribution in [0.1, 0.15) is 56.9 Å². The molecule has 3 heterocycles. The Bertz CT molecular complexity index is 1480. The van der Waals surface area contributed by atoms with E-state index in [1.807, 2.05) is 30.4 Å². The second kappa shape index (κ2) is 11.7. The van der Waals surface area contributed by atoms with Crippen LogP contribution in [-0.2, 0) is 20.8 Å². The van der Waals surface area contributed by atoms with Gasteiger partial charge < -0.3 is 19.2 Å². The Kier molecular flexibility index (Phi) is 7.84. The minimum atomic E-state index is -1.14. The highest BCUT2D eigenvalue weighted by molar-refractivity contribution is 5.95. The van der Waals surface area contributed by atoms with Gasteiger partial charge in [0.25, 0.3) is 0 Å². The first kappa shape index (κ1) is 28.1. The monoisotopic (exact) mass is 574 g/mol. The summed E-state index contributed by atoms with van der Waals surface area (Å²) in [6, 6.07) is 12.7. The fourth-order valence-corrected chi connectivity index (χ4v) is 6.60. The fourth-order valence-electron chi connectivity index (χ4n) is 6.60. The van der Waals surface area contributed by atoms with Crippen molar-refractivity contribution in [3.05, 3.63) is 72.1 Å². The third kappa shape index (κ3) is 5.82. The standard InChI is InChI=1S/C33H35FN2O6/c34-24-12-8-9-21(16-24)15-22-10-4-2-1-3-5-11-23-18-33(23,31(39)40)19-28(37)27-17-25(20-36(27)30(22)38)41-32-35-26-13-6-7-14-29(26)42-32/h5-9,11-14,16,22-23,25,27H,1-4,10,15,17-20H2,(H,39,40)/b11-5-/t22-,23+,25-,27+,33-/m1/s1. The highest BCUT2D eigenvalue weighted by atomic mass is 19.1. The molecule has 1 aromatic heterocycles. The number of fused-ring (bicyclic) bond motifs is 3. The molecule has 9 heteroatoms. The first-order chi connectivity index (χ1) is 20.3. The minimum absolute atomic E-state index is 0.0644. The Morgan fingerprint density at radius 1 is 1.14 bits per heavy atom. The third-order valence-corrected chi connectivity index (χ3v) is 9.02. The van der Waals surface area contributed by atoms with Crippen LogP contribution in [0.25, 0.3) is 11.1 Å². The molecule has 1 amide bonds. The topological polar surface area (TPSA) is 110 Å². The average Bonchev–Trinajstić information content (AvgIpc) is 3.28. The largest absolute Gasteiger partial charge is 0.481 e. The van der Waals surface area contributed by atoms with Gasteiger partial charge in [-0.1, -0.05) is 49.3 Å². The molecule has 2 aromatic carbocycles. The lowest BCUT2D eigenvalue weighted by Crippen LogP contribution is -2.45. The molecule has 1 saturated heterocycles. The molecule has 0 spiro atoms. The summed E-state index contributed by atoms with van der Waals surface area (Å²) in [5.74, 6) is -2.44. The molecule has 0 unspecified atom stereocenters. The predicted molar refractivity (Wildman–Crippen MR) is 152 cm³/mol. The zero-order chi connectivity index (χ0) is 29.3. The number of para-hydroxylation sites is 2. The van der Waals surface area contributed by atoms with Gasteiger partial charge in [-0.25, -0.2) is 4.39 Å². The van der Waals surface area contributed by atoms with Crippen molar-refractivity contribution in [2.75, 3.05) is 6.54 Å². The van der Waals surface area contributed by atoms with Gasteiger partial charge >= 0.3 is 12.0 Å².